The lowest BCUT2D eigenvalue weighted by atomic mass is 9.67. The van der Waals surface area contributed by atoms with E-state index in [9.17, 15) is 9.59 Å². The van der Waals surface area contributed by atoms with E-state index in [4.69, 9.17) is 9.47 Å². The highest BCUT2D eigenvalue weighted by atomic mass is 16.5. The van der Waals surface area contributed by atoms with Gasteiger partial charge in [0.05, 0.1) is 20.6 Å². The van der Waals surface area contributed by atoms with Gasteiger partial charge in [-0.1, -0.05) is 18.7 Å². The molecule has 0 bridgehead atoms. The first kappa shape index (κ1) is 16.1. The van der Waals surface area contributed by atoms with E-state index in [2.05, 4.69) is 6.58 Å². The van der Waals surface area contributed by atoms with Crippen molar-refractivity contribution in [3.63, 3.8) is 0 Å². The van der Waals surface area contributed by atoms with E-state index in [-0.39, 0.29) is 18.3 Å². The van der Waals surface area contributed by atoms with Crippen LogP contribution in [0.5, 0.6) is 5.75 Å². The average molecular weight is 303 g/mol. The number of carbonyl (C=O) groups is 2. The number of likely N-dealkylation sites (tertiary alicyclic amines) is 1. The Hall–Kier alpha value is -2.30. The van der Waals surface area contributed by atoms with Crippen molar-refractivity contribution in [3.8, 4) is 5.75 Å². The topological polar surface area (TPSA) is 55.8 Å². The molecule has 1 unspecified atom stereocenters. The molecule has 0 aliphatic carbocycles. The van der Waals surface area contributed by atoms with Crippen LogP contribution in [0.3, 0.4) is 0 Å². The molecule has 0 radical (unpaired) electrons. The van der Waals surface area contributed by atoms with Crippen molar-refractivity contribution in [2.24, 2.45) is 0 Å². The predicted molar refractivity (Wildman–Crippen MR) is 82.7 cm³/mol. The Morgan fingerprint density at radius 2 is 2.14 bits per heavy atom. The van der Waals surface area contributed by atoms with Crippen LogP contribution in [0.2, 0.25) is 0 Å². The van der Waals surface area contributed by atoms with Crippen molar-refractivity contribution in [2.45, 2.75) is 18.3 Å². The minimum atomic E-state index is -0.745. The largest absolute Gasteiger partial charge is 0.497 e. The van der Waals surface area contributed by atoms with E-state index in [1.807, 2.05) is 24.3 Å². The van der Waals surface area contributed by atoms with Crippen molar-refractivity contribution in [1.29, 1.82) is 0 Å². The third-order valence-corrected chi connectivity index (χ3v) is 4.35. The van der Waals surface area contributed by atoms with Gasteiger partial charge in [0.1, 0.15) is 5.75 Å². The number of benzene rings is 1. The van der Waals surface area contributed by atoms with Crippen LogP contribution < -0.4 is 4.74 Å². The summed E-state index contributed by atoms with van der Waals surface area (Å²) in [5.41, 5.74) is 0.522. The van der Waals surface area contributed by atoms with Gasteiger partial charge in [0.2, 0.25) is 5.91 Å². The van der Waals surface area contributed by atoms with Gasteiger partial charge >= 0.3 is 5.97 Å². The highest BCUT2D eigenvalue weighted by Gasteiger charge is 2.45. The molecular formula is C17H21NO4. The van der Waals surface area contributed by atoms with E-state index in [0.717, 1.165) is 5.56 Å². The zero-order valence-electron chi connectivity index (χ0n) is 13.2. The van der Waals surface area contributed by atoms with Crippen molar-refractivity contribution < 1.29 is 19.1 Å². The molecule has 1 aliphatic rings. The van der Waals surface area contributed by atoms with Crippen LogP contribution in [0, 0.1) is 0 Å². The molecule has 0 aromatic heterocycles. The van der Waals surface area contributed by atoms with Crippen molar-refractivity contribution in [3.05, 3.63) is 42.0 Å². The summed E-state index contributed by atoms with van der Waals surface area (Å²) in [5, 5.41) is 0. The molecule has 1 heterocycles. The number of piperidine rings is 1. The molecule has 2 rings (SSSR count). The number of nitrogens with zero attached hydrogens (tertiary/aromatic N) is 1. The first-order valence-corrected chi connectivity index (χ1v) is 7.11. The van der Waals surface area contributed by atoms with Crippen LogP contribution in [0.1, 0.15) is 18.4 Å². The Morgan fingerprint density at radius 3 is 2.77 bits per heavy atom. The zero-order chi connectivity index (χ0) is 16.3. The average Bonchev–Trinajstić information content (AvgIpc) is 2.55. The van der Waals surface area contributed by atoms with Crippen LogP contribution in [-0.4, -0.2) is 44.6 Å². The summed E-state index contributed by atoms with van der Waals surface area (Å²) in [6.45, 7) is 4.54. The van der Waals surface area contributed by atoms with Crippen LogP contribution in [0.25, 0.3) is 0 Å². The molecule has 0 saturated carbocycles. The summed E-state index contributed by atoms with van der Waals surface area (Å²) in [7, 11) is 4.67. The third-order valence-electron chi connectivity index (χ3n) is 4.35. The van der Waals surface area contributed by atoms with Crippen LogP contribution >= 0.6 is 0 Å². The van der Waals surface area contributed by atoms with Gasteiger partial charge in [-0.15, -0.1) is 0 Å². The standard InChI is InChI=1S/C17H21NO4/c1-12-16(20)18(2)9-8-17(12,11-15(19)22-4)13-6-5-7-14(10-13)21-3/h5-7,10H,1,8-9,11H2,2-4H3. The maximum Gasteiger partial charge on any atom is 0.306 e. The summed E-state index contributed by atoms with van der Waals surface area (Å²) in [5.74, 6) is 0.181. The molecule has 1 fully saturated rings. The van der Waals surface area contributed by atoms with Gasteiger partial charge in [-0.3, -0.25) is 9.59 Å². The molecule has 22 heavy (non-hydrogen) atoms. The first-order valence-electron chi connectivity index (χ1n) is 7.11. The van der Waals surface area contributed by atoms with Gasteiger partial charge in [-0.25, -0.2) is 0 Å². The fourth-order valence-electron chi connectivity index (χ4n) is 2.90. The highest BCUT2D eigenvalue weighted by Crippen LogP contribution is 2.43. The monoisotopic (exact) mass is 303 g/mol. The number of likely N-dealkylation sites (N-methyl/N-ethyl adjacent to an activating group) is 1. The van der Waals surface area contributed by atoms with E-state index in [1.165, 1.54) is 7.11 Å². The molecule has 5 nitrogen and oxygen atoms in total. The van der Waals surface area contributed by atoms with Crippen LogP contribution in [0.15, 0.2) is 36.4 Å². The van der Waals surface area contributed by atoms with Crippen LogP contribution in [-0.2, 0) is 19.7 Å². The lowest BCUT2D eigenvalue weighted by molar-refractivity contribution is -0.142. The normalized spacial score (nSPS) is 21.7. The fraction of sp³-hybridized carbons (Fsp3) is 0.412. The zero-order valence-corrected chi connectivity index (χ0v) is 13.2. The molecule has 0 N–H and O–H groups in total. The maximum absolute atomic E-state index is 12.4. The van der Waals surface area contributed by atoms with Gasteiger partial charge in [-0.2, -0.15) is 0 Å². The van der Waals surface area contributed by atoms with Crippen molar-refractivity contribution in [1.82, 2.24) is 4.90 Å². The van der Waals surface area contributed by atoms with Gasteiger partial charge in [0.25, 0.3) is 0 Å². The summed E-state index contributed by atoms with van der Waals surface area (Å²) in [6, 6.07) is 7.43. The Balaban J connectivity index is 2.52. The van der Waals surface area contributed by atoms with Gasteiger partial charge in [0.15, 0.2) is 0 Å². The lowest BCUT2D eigenvalue weighted by Gasteiger charge is -2.41. The highest BCUT2D eigenvalue weighted by molar-refractivity contribution is 5.97. The quantitative estimate of drug-likeness (QED) is 0.630. The molecule has 1 amide bonds. The SMILES string of the molecule is C=C1C(=O)N(C)CCC1(CC(=O)OC)c1cccc(OC)c1. The molecule has 1 aliphatic heterocycles. The number of rotatable bonds is 4. The summed E-state index contributed by atoms with van der Waals surface area (Å²) in [6.07, 6.45) is 0.714. The second kappa shape index (κ2) is 6.22. The predicted octanol–water partition coefficient (Wildman–Crippen LogP) is 1.91. The van der Waals surface area contributed by atoms with Crippen molar-refractivity contribution >= 4 is 11.9 Å². The lowest BCUT2D eigenvalue weighted by Crippen LogP contribution is -2.47. The Bertz CT molecular complexity index is 610. The van der Waals surface area contributed by atoms with Gasteiger partial charge in [0, 0.05) is 24.6 Å². The number of hydrogen-bond acceptors (Lipinski definition) is 4. The number of carbonyl (C=O) groups excluding carboxylic acids is 2. The number of amides is 1. The molecule has 1 atom stereocenters. The Morgan fingerprint density at radius 1 is 1.41 bits per heavy atom. The molecule has 1 saturated heterocycles. The number of methoxy groups -OCH3 is 2. The Kier molecular flexibility index (Phi) is 4.54. The van der Waals surface area contributed by atoms with E-state index < -0.39 is 5.41 Å². The minimum absolute atomic E-state index is 0.0923. The Labute approximate surface area is 130 Å². The summed E-state index contributed by atoms with van der Waals surface area (Å²) in [4.78, 5) is 25.9. The molecule has 118 valence electrons. The molecule has 0 spiro atoms. The van der Waals surface area contributed by atoms with E-state index in [0.29, 0.717) is 24.3 Å². The van der Waals surface area contributed by atoms with E-state index in [1.54, 1.807) is 19.1 Å². The maximum atomic E-state index is 12.4. The molecule has 5 heteroatoms. The number of ether oxygens (including phenoxy) is 2. The first-order chi connectivity index (χ1) is 10.4. The second-order valence-corrected chi connectivity index (χ2v) is 5.52. The van der Waals surface area contributed by atoms with Crippen LogP contribution in [0.4, 0.5) is 0 Å². The summed E-state index contributed by atoms with van der Waals surface area (Å²) < 4.78 is 10.1. The minimum Gasteiger partial charge on any atom is -0.497 e. The number of esters is 1. The summed E-state index contributed by atoms with van der Waals surface area (Å²) >= 11 is 0. The molecule has 1 aromatic carbocycles. The second-order valence-electron chi connectivity index (χ2n) is 5.52. The fourth-order valence-corrected chi connectivity index (χ4v) is 2.90. The molecule has 1 aromatic rings. The number of hydrogen-bond donors (Lipinski definition) is 0. The van der Waals surface area contributed by atoms with Gasteiger partial charge < -0.3 is 14.4 Å². The third kappa shape index (κ3) is 2.71. The smallest absolute Gasteiger partial charge is 0.306 e. The van der Waals surface area contributed by atoms with Crippen molar-refractivity contribution in [2.75, 3.05) is 27.8 Å². The van der Waals surface area contributed by atoms with Gasteiger partial charge in [-0.05, 0) is 24.1 Å². The van der Waals surface area contributed by atoms with E-state index >= 15 is 0 Å². The molecular weight excluding hydrogens is 282 g/mol.